The second kappa shape index (κ2) is 5.09. The number of alkyl halides is 3. The molecular weight excluding hydrogens is 262 g/mol. The van der Waals surface area contributed by atoms with Gasteiger partial charge < -0.3 is 0 Å². The van der Waals surface area contributed by atoms with Gasteiger partial charge in [-0.25, -0.2) is 17.2 Å². The largest absolute Gasteiger partial charge is 0.280 e. The predicted molar refractivity (Wildman–Crippen MR) is 56.5 cm³/mol. The van der Waals surface area contributed by atoms with Crippen molar-refractivity contribution in [3.63, 3.8) is 0 Å². The molecule has 0 saturated carbocycles. The lowest BCUT2D eigenvalue weighted by Crippen LogP contribution is -2.14. The maximum atomic E-state index is 12.7. The van der Waals surface area contributed by atoms with Gasteiger partial charge in [0.1, 0.15) is 15.5 Å². The molecule has 0 aliphatic rings. The molecule has 0 N–H and O–H groups in total. The molecule has 0 unspecified atom stereocenters. The molecule has 0 atom stereocenters. The van der Waals surface area contributed by atoms with E-state index in [1.54, 1.807) is 0 Å². The Labute approximate surface area is 97.1 Å². The van der Waals surface area contributed by atoms with Crippen molar-refractivity contribution < 1.29 is 17.2 Å². The monoisotopic (exact) mass is 272 g/mol. The Morgan fingerprint density at radius 2 is 2.19 bits per heavy atom. The van der Waals surface area contributed by atoms with Crippen LogP contribution in [0.1, 0.15) is 17.7 Å². The maximum absolute atomic E-state index is 12.7. The van der Waals surface area contributed by atoms with Crippen LogP contribution in [0.4, 0.5) is 8.78 Å². The van der Waals surface area contributed by atoms with Crippen molar-refractivity contribution in [2.45, 2.75) is 18.9 Å². The molecule has 92 valence electrons. The Bertz CT molecular complexity index is 459. The van der Waals surface area contributed by atoms with Gasteiger partial charge in [-0.3, -0.25) is 4.68 Å². The topological polar surface area (TPSA) is 52.0 Å². The van der Waals surface area contributed by atoms with E-state index < -0.39 is 16.3 Å². The van der Waals surface area contributed by atoms with Gasteiger partial charge in [0.25, 0.3) is 6.43 Å². The van der Waals surface area contributed by atoms with Crippen LogP contribution in [0.5, 0.6) is 0 Å². The fourth-order valence-corrected chi connectivity index (χ4v) is 1.93. The second-order valence-corrected chi connectivity index (χ2v) is 5.87. The van der Waals surface area contributed by atoms with Gasteiger partial charge in [0.2, 0.25) is 0 Å². The molecular formula is C8H11ClF2N2O2S. The zero-order valence-electron chi connectivity index (χ0n) is 8.53. The van der Waals surface area contributed by atoms with Crippen molar-refractivity contribution in [2.24, 2.45) is 0 Å². The van der Waals surface area contributed by atoms with E-state index in [4.69, 9.17) is 11.6 Å². The summed E-state index contributed by atoms with van der Waals surface area (Å²) in [6, 6.07) is 0. The van der Waals surface area contributed by atoms with Gasteiger partial charge in [-0.15, -0.1) is 11.6 Å². The first-order valence-corrected chi connectivity index (χ1v) is 7.01. The van der Waals surface area contributed by atoms with Crippen LogP contribution in [0, 0.1) is 0 Å². The molecule has 0 aliphatic carbocycles. The fraction of sp³-hybridized carbons (Fsp3) is 0.625. The highest BCUT2D eigenvalue weighted by Gasteiger charge is 2.19. The van der Waals surface area contributed by atoms with Gasteiger partial charge in [0.15, 0.2) is 0 Å². The minimum Gasteiger partial charge on any atom is -0.262 e. The smallest absolute Gasteiger partial charge is 0.262 e. The van der Waals surface area contributed by atoms with Crippen LogP contribution in [0.15, 0.2) is 6.20 Å². The molecule has 0 aromatic carbocycles. The van der Waals surface area contributed by atoms with Gasteiger partial charge in [0.05, 0.1) is 24.4 Å². The quantitative estimate of drug-likeness (QED) is 0.765. The number of rotatable bonds is 5. The van der Waals surface area contributed by atoms with E-state index in [-0.39, 0.29) is 29.4 Å². The second-order valence-electron chi connectivity index (χ2n) is 3.34. The summed E-state index contributed by atoms with van der Waals surface area (Å²) in [5.41, 5.74) is -0.0798. The number of hydrogen-bond acceptors (Lipinski definition) is 3. The number of nitrogens with zero attached hydrogens (tertiary/aromatic N) is 2. The van der Waals surface area contributed by atoms with Crippen LogP contribution in [0.25, 0.3) is 0 Å². The van der Waals surface area contributed by atoms with Crippen molar-refractivity contribution in [3.8, 4) is 0 Å². The van der Waals surface area contributed by atoms with Crippen molar-refractivity contribution in [3.05, 3.63) is 17.5 Å². The van der Waals surface area contributed by atoms with E-state index in [2.05, 4.69) is 5.10 Å². The highest BCUT2D eigenvalue weighted by Crippen LogP contribution is 2.24. The van der Waals surface area contributed by atoms with E-state index in [0.717, 1.165) is 10.9 Å². The van der Waals surface area contributed by atoms with Crippen LogP contribution in [-0.4, -0.2) is 30.2 Å². The first kappa shape index (κ1) is 13.4. The summed E-state index contributed by atoms with van der Waals surface area (Å²) in [6.45, 7) is -0.0879. The van der Waals surface area contributed by atoms with Gasteiger partial charge >= 0.3 is 0 Å². The molecule has 1 aromatic rings. The van der Waals surface area contributed by atoms with Crippen LogP contribution in [0.3, 0.4) is 0 Å². The molecule has 8 heteroatoms. The first-order chi connectivity index (χ1) is 7.35. The number of hydrogen-bond donors (Lipinski definition) is 0. The standard InChI is InChI=1S/C8H11ClF2N2O2S/c1-16(14,15)3-2-13-7(8(10)11)6(4-9)5-12-13/h5,8H,2-4H2,1H3. The zero-order valence-corrected chi connectivity index (χ0v) is 10.1. The SMILES string of the molecule is CS(=O)(=O)CCn1ncc(CCl)c1C(F)F. The Hall–Kier alpha value is -0.690. The molecule has 0 bridgehead atoms. The lowest BCUT2D eigenvalue weighted by Gasteiger charge is -2.07. The highest BCUT2D eigenvalue weighted by molar-refractivity contribution is 7.90. The summed E-state index contributed by atoms with van der Waals surface area (Å²) in [5, 5.41) is 3.70. The molecule has 4 nitrogen and oxygen atoms in total. The van der Waals surface area contributed by atoms with Crippen molar-refractivity contribution in [1.82, 2.24) is 9.78 Å². The van der Waals surface area contributed by atoms with Crippen LogP contribution in [-0.2, 0) is 22.3 Å². The third-order valence-corrected chi connectivity index (χ3v) is 3.20. The zero-order chi connectivity index (χ0) is 12.3. The highest BCUT2D eigenvalue weighted by atomic mass is 35.5. The normalized spacial score (nSPS) is 12.3. The van der Waals surface area contributed by atoms with E-state index in [9.17, 15) is 17.2 Å². The third kappa shape index (κ3) is 3.41. The fourth-order valence-electron chi connectivity index (χ4n) is 1.22. The average molecular weight is 273 g/mol. The van der Waals surface area contributed by atoms with E-state index in [1.165, 1.54) is 6.20 Å². The third-order valence-electron chi connectivity index (χ3n) is 1.98. The summed E-state index contributed by atoms with van der Waals surface area (Å²) in [4.78, 5) is 0. The van der Waals surface area contributed by atoms with Gasteiger partial charge in [-0.05, 0) is 0 Å². The minimum absolute atomic E-state index is 0.0709. The van der Waals surface area contributed by atoms with E-state index in [1.807, 2.05) is 0 Å². The maximum Gasteiger partial charge on any atom is 0.280 e. The van der Waals surface area contributed by atoms with Crippen molar-refractivity contribution in [2.75, 3.05) is 12.0 Å². The summed E-state index contributed by atoms with van der Waals surface area (Å²) >= 11 is 5.47. The lowest BCUT2D eigenvalue weighted by molar-refractivity contribution is 0.138. The summed E-state index contributed by atoms with van der Waals surface area (Å²) in [7, 11) is -3.20. The molecule has 0 radical (unpaired) electrons. The van der Waals surface area contributed by atoms with Gasteiger partial charge in [-0.2, -0.15) is 5.10 Å². The average Bonchev–Trinajstić information content (AvgIpc) is 2.56. The Balaban J connectivity index is 2.92. The molecule has 0 fully saturated rings. The van der Waals surface area contributed by atoms with Gasteiger partial charge in [0, 0.05) is 11.8 Å². The minimum atomic E-state index is -3.20. The Morgan fingerprint density at radius 3 is 2.62 bits per heavy atom. The van der Waals surface area contributed by atoms with Crippen LogP contribution in [0.2, 0.25) is 0 Å². The molecule has 0 spiro atoms. The number of sulfone groups is 1. The van der Waals surface area contributed by atoms with E-state index >= 15 is 0 Å². The number of aryl methyl sites for hydroxylation is 1. The molecule has 1 rings (SSSR count). The van der Waals surface area contributed by atoms with Crippen LogP contribution < -0.4 is 0 Å². The van der Waals surface area contributed by atoms with Crippen LogP contribution >= 0.6 is 11.6 Å². The summed E-state index contributed by atoms with van der Waals surface area (Å²) in [5.74, 6) is -0.297. The summed E-state index contributed by atoms with van der Waals surface area (Å²) in [6.07, 6.45) is -0.437. The number of aromatic nitrogens is 2. The predicted octanol–water partition coefficient (Wildman–Crippen LogP) is 1.60. The number of halogens is 3. The Kier molecular flexibility index (Phi) is 4.26. The van der Waals surface area contributed by atoms with Crippen molar-refractivity contribution in [1.29, 1.82) is 0 Å². The molecule has 0 amide bonds. The van der Waals surface area contributed by atoms with Crippen molar-refractivity contribution >= 4 is 21.4 Å². The Morgan fingerprint density at radius 1 is 1.56 bits per heavy atom. The molecule has 1 heterocycles. The molecule has 16 heavy (non-hydrogen) atoms. The molecule has 1 aromatic heterocycles. The van der Waals surface area contributed by atoms with Gasteiger partial charge in [-0.1, -0.05) is 0 Å². The van der Waals surface area contributed by atoms with E-state index in [0.29, 0.717) is 0 Å². The first-order valence-electron chi connectivity index (χ1n) is 4.41. The lowest BCUT2D eigenvalue weighted by atomic mass is 10.3. The molecule has 0 saturated heterocycles. The molecule has 0 aliphatic heterocycles. The summed E-state index contributed by atoms with van der Waals surface area (Å²) < 4.78 is 48.1.